The minimum absolute atomic E-state index is 0.576. The summed E-state index contributed by atoms with van der Waals surface area (Å²) in [7, 11) is 0. The van der Waals surface area contributed by atoms with Gasteiger partial charge in [-0.1, -0.05) is 6.92 Å². The lowest BCUT2D eigenvalue weighted by atomic mass is 10.1. The summed E-state index contributed by atoms with van der Waals surface area (Å²) in [6.45, 7) is 2.12. The molecule has 8 heavy (non-hydrogen) atoms. The maximum absolute atomic E-state index is 5.39. The molecule has 1 atom stereocenters. The lowest BCUT2D eigenvalue weighted by Crippen LogP contribution is -2.04. The summed E-state index contributed by atoms with van der Waals surface area (Å²) in [6, 6.07) is 0. The van der Waals surface area contributed by atoms with Crippen LogP contribution in [0.4, 0.5) is 0 Å². The van der Waals surface area contributed by atoms with Crippen molar-refractivity contribution in [3.05, 3.63) is 11.9 Å². The first-order valence-electron chi connectivity index (χ1n) is 2.79. The number of nitrogens with zero attached hydrogens (tertiary/aromatic N) is 1. The molecule has 0 aromatic rings. The summed E-state index contributed by atoms with van der Waals surface area (Å²) in [5, 5.41) is 0. The molecular formula is C6H10N2. The largest absolute Gasteiger partial charge is 0.384 e. The Balaban J connectivity index is 2.63. The maximum Gasteiger partial charge on any atom is 0.119 e. The Morgan fingerprint density at radius 1 is 1.88 bits per heavy atom. The van der Waals surface area contributed by atoms with Crippen molar-refractivity contribution >= 4 is 6.21 Å². The number of hydrogen-bond acceptors (Lipinski definition) is 2. The standard InChI is InChI=1S/C6H10N2/c1-5-2-3-8-6(7)4-5/h3-5H,2,7H2,1H3. The van der Waals surface area contributed by atoms with Crippen molar-refractivity contribution in [1.82, 2.24) is 0 Å². The van der Waals surface area contributed by atoms with E-state index in [2.05, 4.69) is 11.9 Å². The molecule has 0 saturated heterocycles. The van der Waals surface area contributed by atoms with E-state index < -0.39 is 0 Å². The molecule has 1 aliphatic rings. The van der Waals surface area contributed by atoms with E-state index in [1.165, 1.54) is 0 Å². The van der Waals surface area contributed by atoms with Gasteiger partial charge in [0.15, 0.2) is 0 Å². The molecule has 1 aliphatic heterocycles. The predicted octanol–water partition coefficient (Wildman–Crippen LogP) is 0.897. The average molecular weight is 110 g/mol. The third kappa shape index (κ3) is 1.09. The van der Waals surface area contributed by atoms with Crippen LogP contribution in [0.5, 0.6) is 0 Å². The number of nitrogens with two attached hydrogens (primary N) is 1. The van der Waals surface area contributed by atoms with Crippen LogP contribution in [0.1, 0.15) is 13.3 Å². The van der Waals surface area contributed by atoms with Crippen molar-refractivity contribution in [3.63, 3.8) is 0 Å². The molecule has 2 N–H and O–H groups in total. The van der Waals surface area contributed by atoms with Gasteiger partial charge < -0.3 is 5.73 Å². The molecule has 0 aromatic heterocycles. The maximum atomic E-state index is 5.39. The van der Waals surface area contributed by atoms with Gasteiger partial charge in [-0.2, -0.15) is 0 Å². The Morgan fingerprint density at radius 2 is 2.62 bits per heavy atom. The van der Waals surface area contributed by atoms with Crippen LogP contribution in [0.25, 0.3) is 0 Å². The summed E-state index contributed by atoms with van der Waals surface area (Å²) in [5.74, 6) is 1.23. The van der Waals surface area contributed by atoms with E-state index in [9.17, 15) is 0 Å². The Bertz CT molecular complexity index is 135. The van der Waals surface area contributed by atoms with E-state index in [1.54, 1.807) is 0 Å². The number of hydrogen-bond donors (Lipinski definition) is 1. The first kappa shape index (κ1) is 5.35. The molecule has 0 amide bonds. The zero-order valence-corrected chi connectivity index (χ0v) is 4.96. The average Bonchev–Trinajstić information content (AvgIpc) is 1.64. The summed E-state index contributed by atoms with van der Waals surface area (Å²) >= 11 is 0. The van der Waals surface area contributed by atoms with E-state index in [0.717, 1.165) is 6.42 Å². The fraction of sp³-hybridized carbons (Fsp3) is 0.500. The van der Waals surface area contributed by atoms with Gasteiger partial charge in [-0.3, -0.25) is 0 Å². The second kappa shape index (κ2) is 1.99. The zero-order valence-electron chi connectivity index (χ0n) is 4.96. The number of rotatable bonds is 0. The van der Waals surface area contributed by atoms with Crippen LogP contribution in [-0.4, -0.2) is 6.21 Å². The molecular weight excluding hydrogens is 100 g/mol. The van der Waals surface area contributed by atoms with Crippen molar-refractivity contribution in [1.29, 1.82) is 0 Å². The molecule has 0 bridgehead atoms. The van der Waals surface area contributed by atoms with E-state index in [1.807, 2.05) is 12.3 Å². The van der Waals surface area contributed by atoms with Gasteiger partial charge in [0.1, 0.15) is 5.82 Å². The molecule has 1 heterocycles. The molecule has 1 rings (SSSR count). The van der Waals surface area contributed by atoms with Crippen LogP contribution in [0.15, 0.2) is 16.9 Å². The van der Waals surface area contributed by atoms with Gasteiger partial charge in [-0.15, -0.1) is 0 Å². The lowest BCUT2D eigenvalue weighted by molar-refractivity contribution is 0.751. The first-order valence-corrected chi connectivity index (χ1v) is 2.79. The van der Waals surface area contributed by atoms with Gasteiger partial charge in [0.2, 0.25) is 0 Å². The fourth-order valence-corrected chi connectivity index (χ4v) is 0.727. The van der Waals surface area contributed by atoms with Crippen molar-refractivity contribution in [2.24, 2.45) is 16.6 Å². The number of aliphatic imine (C=N–C) groups is 1. The Morgan fingerprint density at radius 3 is 3.00 bits per heavy atom. The zero-order chi connectivity index (χ0) is 5.98. The predicted molar refractivity (Wildman–Crippen MR) is 34.5 cm³/mol. The van der Waals surface area contributed by atoms with Crippen molar-refractivity contribution in [3.8, 4) is 0 Å². The van der Waals surface area contributed by atoms with E-state index in [-0.39, 0.29) is 0 Å². The van der Waals surface area contributed by atoms with Crippen LogP contribution in [0, 0.1) is 5.92 Å². The van der Waals surface area contributed by atoms with Gasteiger partial charge in [-0.05, 0) is 18.4 Å². The Hall–Kier alpha value is -0.790. The molecule has 0 aliphatic carbocycles. The van der Waals surface area contributed by atoms with Crippen LogP contribution in [-0.2, 0) is 0 Å². The third-order valence-corrected chi connectivity index (χ3v) is 1.17. The molecule has 0 saturated carbocycles. The Kier molecular flexibility index (Phi) is 1.33. The third-order valence-electron chi connectivity index (χ3n) is 1.17. The van der Waals surface area contributed by atoms with E-state index in [4.69, 9.17) is 5.73 Å². The SMILES string of the molecule is CC1C=C(N)N=CC1. The topological polar surface area (TPSA) is 38.4 Å². The van der Waals surface area contributed by atoms with Crippen LogP contribution < -0.4 is 5.73 Å². The minimum atomic E-state index is 0.576. The van der Waals surface area contributed by atoms with Gasteiger partial charge in [-0.25, -0.2) is 4.99 Å². The molecule has 0 aromatic carbocycles. The van der Waals surface area contributed by atoms with E-state index >= 15 is 0 Å². The van der Waals surface area contributed by atoms with Crippen LogP contribution >= 0.6 is 0 Å². The number of allylic oxidation sites excluding steroid dienone is 1. The fourth-order valence-electron chi connectivity index (χ4n) is 0.727. The van der Waals surface area contributed by atoms with Gasteiger partial charge >= 0.3 is 0 Å². The highest BCUT2D eigenvalue weighted by Gasteiger charge is 2.00. The highest BCUT2D eigenvalue weighted by atomic mass is 14.9. The van der Waals surface area contributed by atoms with Crippen LogP contribution in [0.2, 0.25) is 0 Å². The monoisotopic (exact) mass is 110 g/mol. The molecule has 0 radical (unpaired) electrons. The molecule has 0 fully saturated rings. The second-order valence-electron chi connectivity index (χ2n) is 2.12. The molecule has 2 nitrogen and oxygen atoms in total. The molecule has 44 valence electrons. The minimum Gasteiger partial charge on any atom is -0.384 e. The summed E-state index contributed by atoms with van der Waals surface area (Å²) in [6.07, 6.45) is 4.86. The van der Waals surface area contributed by atoms with Gasteiger partial charge in [0.25, 0.3) is 0 Å². The van der Waals surface area contributed by atoms with Crippen molar-refractivity contribution < 1.29 is 0 Å². The summed E-state index contributed by atoms with van der Waals surface area (Å²) in [4.78, 5) is 3.89. The quantitative estimate of drug-likeness (QED) is 0.494. The highest BCUT2D eigenvalue weighted by Crippen LogP contribution is 2.08. The van der Waals surface area contributed by atoms with Crippen molar-refractivity contribution in [2.75, 3.05) is 0 Å². The summed E-state index contributed by atoms with van der Waals surface area (Å²) in [5.41, 5.74) is 5.39. The smallest absolute Gasteiger partial charge is 0.119 e. The normalized spacial score (nSPS) is 27.6. The van der Waals surface area contributed by atoms with Crippen LogP contribution in [0.3, 0.4) is 0 Å². The van der Waals surface area contributed by atoms with Gasteiger partial charge in [0, 0.05) is 6.21 Å². The highest BCUT2D eigenvalue weighted by molar-refractivity contribution is 5.60. The second-order valence-corrected chi connectivity index (χ2v) is 2.12. The molecule has 0 spiro atoms. The molecule has 2 heteroatoms. The molecule has 1 unspecified atom stereocenters. The van der Waals surface area contributed by atoms with E-state index in [0.29, 0.717) is 11.7 Å². The summed E-state index contributed by atoms with van der Waals surface area (Å²) < 4.78 is 0. The lowest BCUT2D eigenvalue weighted by Gasteiger charge is -2.06. The first-order chi connectivity index (χ1) is 3.79. The van der Waals surface area contributed by atoms with Crippen molar-refractivity contribution in [2.45, 2.75) is 13.3 Å². The Labute approximate surface area is 49.1 Å². The van der Waals surface area contributed by atoms with Gasteiger partial charge in [0.05, 0.1) is 0 Å².